The molecule has 2 aromatic carbocycles. The van der Waals surface area contributed by atoms with E-state index in [-0.39, 0.29) is 12.0 Å². The summed E-state index contributed by atoms with van der Waals surface area (Å²) in [4.78, 5) is 11.9. The Morgan fingerprint density at radius 3 is 2.54 bits per heavy atom. The fourth-order valence-corrected chi connectivity index (χ4v) is 3.22. The van der Waals surface area contributed by atoms with Gasteiger partial charge >= 0.3 is 0 Å². The number of nitrogens with one attached hydrogen (secondary N) is 1. The molecule has 2 aromatic rings. The number of amides is 1. The SMILES string of the molecule is CC(C)Oc1ccc(CNC(=O)CSCc2ccccc2Cl)cc1. The first-order valence-corrected chi connectivity index (χ1v) is 9.41. The largest absolute Gasteiger partial charge is 0.491 e. The molecule has 0 aromatic heterocycles. The Kier molecular flexibility index (Phi) is 7.47. The Bertz CT molecular complexity index is 659. The van der Waals surface area contributed by atoms with Gasteiger partial charge in [0.2, 0.25) is 5.91 Å². The van der Waals surface area contributed by atoms with Crippen LogP contribution in [-0.2, 0) is 17.1 Å². The minimum atomic E-state index is 0.0227. The minimum absolute atomic E-state index is 0.0227. The van der Waals surface area contributed by atoms with Crippen LogP contribution >= 0.6 is 23.4 Å². The van der Waals surface area contributed by atoms with Crippen molar-refractivity contribution in [2.24, 2.45) is 0 Å². The summed E-state index contributed by atoms with van der Waals surface area (Å²) < 4.78 is 5.60. The van der Waals surface area contributed by atoms with Gasteiger partial charge in [0.05, 0.1) is 11.9 Å². The Balaban J connectivity index is 1.70. The number of halogens is 1. The summed E-state index contributed by atoms with van der Waals surface area (Å²) in [5, 5.41) is 3.67. The molecule has 0 aliphatic rings. The quantitative estimate of drug-likeness (QED) is 0.740. The Labute approximate surface area is 152 Å². The third-order valence-electron chi connectivity index (χ3n) is 3.23. The van der Waals surface area contributed by atoms with Gasteiger partial charge in [-0.15, -0.1) is 11.8 Å². The molecule has 0 spiro atoms. The lowest BCUT2D eigenvalue weighted by molar-refractivity contribution is -0.118. The van der Waals surface area contributed by atoms with E-state index in [2.05, 4.69) is 5.32 Å². The molecule has 0 aliphatic heterocycles. The van der Waals surface area contributed by atoms with Crippen molar-refractivity contribution in [2.45, 2.75) is 32.2 Å². The first-order chi connectivity index (χ1) is 11.5. The topological polar surface area (TPSA) is 38.3 Å². The molecule has 128 valence electrons. The standard InChI is InChI=1S/C19H22ClNO2S/c1-14(2)23-17-9-7-15(8-10-17)11-21-19(22)13-24-12-16-5-3-4-6-18(16)20/h3-10,14H,11-13H2,1-2H3,(H,21,22). The molecule has 24 heavy (non-hydrogen) atoms. The highest BCUT2D eigenvalue weighted by Crippen LogP contribution is 2.20. The van der Waals surface area contributed by atoms with Crippen LogP contribution < -0.4 is 10.1 Å². The third-order valence-corrected chi connectivity index (χ3v) is 4.58. The molecule has 0 fully saturated rings. The molecule has 0 aliphatic carbocycles. The van der Waals surface area contributed by atoms with Crippen LogP contribution in [0.5, 0.6) is 5.75 Å². The maximum atomic E-state index is 11.9. The summed E-state index contributed by atoms with van der Waals surface area (Å²) in [6, 6.07) is 15.5. The average molecular weight is 364 g/mol. The van der Waals surface area contributed by atoms with E-state index in [1.165, 1.54) is 0 Å². The molecule has 0 bridgehead atoms. The average Bonchev–Trinajstić information content (AvgIpc) is 2.55. The zero-order valence-corrected chi connectivity index (χ0v) is 15.5. The molecule has 1 amide bonds. The van der Waals surface area contributed by atoms with Crippen molar-refractivity contribution in [2.75, 3.05) is 5.75 Å². The highest BCUT2D eigenvalue weighted by molar-refractivity contribution is 7.99. The van der Waals surface area contributed by atoms with Crippen molar-refractivity contribution in [3.8, 4) is 5.75 Å². The molecular formula is C19H22ClNO2S. The Morgan fingerprint density at radius 2 is 1.88 bits per heavy atom. The van der Waals surface area contributed by atoms with E-state index in [0.717, 1.165) is 27.7 Å². The molecule has 0 heterocycles. The van der Waals surface area contributed by atoms with Crippen LogP contribution in [0.2, 0.25) is 5.02 Å². The van der Waals surface area contributed by atoms with E-state index in [9.17, 15) is 4.79 Å². The summed E-state index contributed by atoms with van der Waals surface area (Å²) in [6.45, 7) is 4.51. The van der Waals surface area contributed by atoms with E-state index in [1.54, 1.807) is 11.8 Å². The monoisotopic (exact) mass is 363 g/mol. The van der Waals surface area contributed by atoms with Crippen molar-refractivity contribution < 1.29 is 9.53 Å². The van der Waals surface area contributed by atoms with E-state index in [4.69, 9.17) is 16.3 Å². The smallest absolute Gasteiger partial charge is 0.230 e. The van der Waals surface area contributed by atoms with E-state index < -0.39 is 0 Å². The fraction of sp³-hybridized carbons (Fsp3) is 0.316. The normalized spacial score (nSPS) is 10.7. The molecular weight excluding hydrogens is 342 g/mol. The molecule has 0 unspecified atom stereocenters. The fourth-order valence-electron chi connectivity index (χ4n) is 2.08. The third kappa shape index (κ3) is 6.46. The van der Waals surface area contributed by atoms with Crippen LogP contribution in [0.25, 0.3) is 0 Å². The maximum absolute atomic E-state index is 11.9. The number of rotatable bonds is 8. The zero-order chi connectivity index (χ0) is 17.4. The molecule has 1 N–H and O–H groups in total. The molecule has 2 rings (SSSR count). The second-order valence-corrected chi connectivity index (χ2v) is 7.06. The van der Waals surface area contributed by atoms with Gasteiger partial charge in [-0.1, -0.05) is 41.9 Å². The van der Waals surface area contributed by atoms with Gasteiger partial charge in [0.1, 0.15) is 5.75 Å². The van der Waals surface area contributed by atoms with E-state index in [0.29, 0.717) is 12.3 Å². The maximum Gasteiger partial charge on any atom is 0.230 e. The van der Waals surface area contributed by atoms with Crippen LogP contribution in [0.4, 0.5) is 0 Å². The van der Waals surface area contributed by atoms with Gasteiger partial charge in [-0.05, 0) is 43.2 Å². The molecule has 5 heteroatoms. The van der Waals surface area contributed by atoms with Gasteiger partial charge in [0, 0.05) is 17.3 Å². The summed E-state index contributed by atoms with van der Waals surface area (Å²) in [5.41, 5.74) is 2.10. The lowest BCUT2D eigenvalue weighted by Gasteiger charge is -2.10. The number of hydrogen-bond acceptors (Lipinski definition) is 3. The lowest BCUT2D eigenvalue weighted by atomic mass is 10.2. The molecule has 0 saturated heterocycles. The van der Waals surface area contributed by atoms with Gasteiger partial charge in [-0.25, -0.2) is 0 Å². The number of ether oxygens (including phenoxy) is 1. The van der Waals surface area contributed by atoms with Gasteiger partial charge in [0.15, 0.2) is 0 Å². The summed E-state index contributed by atoms with van der Waals surface area (Å²) in [7, 11) is 0. The van der Waals surface area contributed by atoms with Gasteiger partial charge in [-0.2, -0.15) is 0 Å². The molecule has 0 radical (unpaired) electrons. The minimum Gasteiger partial charge on any atom is -0.491 e. The number of thioether (sulfide) groups is 1. The summed E-state index contributed by atoms with van der Waals surface area (Å²) in [5.74, 6) is 2.01. The number of carbonyl (C=O) groups excluding carboxylic acids is 1. The number of hydrogen-bond donors (Lipinski definition) is 1. The van der Waals surface area contributed by atoms with E-state index in [1.807, 2.05) is 62.4 Å². The van der Waals surface area contributed by atoms with Crippen LogP contribution in [0.15, 0.2) is 48.5 Å². The van der Waals surface area contributed by atoms with Gasteiger partial charge in [-0.3, -0.25) is 4.79 Å². The molecule has 3 nitrogen and oxygen atoms in total. The van der Waals surface area contributed by atoms with Gasteiger partial charge in [0.25, 0.3) is 0 Å². The Hall–Kier alpha value is -1.65. The van der Waals surface area contributed by atoms with Crippen molar-refractivity contribution in [1.29, 1.82) is 0 Å². The first kappa shape index (κ1) is 18.7. The summed E-state index contributed by atoms with van der Waals surface area (Å²) >= 11 is 7.66. The van der Waals surface area contributed by atoms with Crippen molar-refractivity contribution in [3.05, 3.63) is 64.7 Å². The highest BCUT2D eigenvalue weighted by atomic mass is 35.5. The molecule has 0 atom stereocenters. The first-order valence-electron chi connectivity index (χ1n) is 7.88. The Morgan fingerprint density at radius 1 is 1.17 bits per heavy atom. The van der Waals surface area contributed by atoms with Crippen molar-refractivity contribution >= 4 is 29.3 Å². The lowest BCUT2D eigenvalue weighted by Crippen LogP contribution is -2.24. The summed E-state index contributed by atoms with van der Waals surface area (Å²) in [6.07, 6.45) is 0.158. The number of carbonyl (C=O) groups is 1. The van der Waals surface area contributed by atoms with Crippen LogP contribution in [0, 0.1) is 0 Å². The van der Waals surface area contributed by atoms with Crippen LogP contribution in [-0.4, -0.2) is 17.8 Å². The predicted molar refractivity (Wildman–Crippen MR) is 102 cm³/mol. The van der Waals surface area contributed by atoms with Gasteiger partial charge < -0.3 is 10.1 Å². The van der Waals surface area contributed by atoms with Crippen molar-refractivity contribution in [3.63, 3.8) is 0 Å². The van der Waals surface area contributed by atoms with Crippen molar-refractivity contribution in [1.82, 2.24) is 5.32 Å². The second kappa shape index (κ2) is 9.60. The van der Waals surface area contributed by atoms with Crippen LogP contribution in [0.3, 0.4) is 0 Å². The highest BCUT2D eigenvalue weighted by Gasteiger charge is 2.04. The second-order valence-electron chi connectivity index (χ2n) is 5.67. The molecule has 0 saturated carbocycles. The predicted octanol–water partition coefficient (Wildman–Crippen LogP) is 4.68. The van der Waals surface area contributed by atoms with Crippen LogP contribution in [0.1, 0.15) is 25.0 Å². The van der Waals surface area contributed by atoms with E-state index >= 15 is 0 Å². The zero-order valence-electron chi connectivity index (χ0n) is 13.9. The number of benzene rings is 2.